The number of aliphatic carboxylic acids is 1. The van der Waals surface area contributed by atoms with Gasteiger partial charge < -0.3 is 9.67 Å². The molecule has 1 aromatic heterocycles. The van der Waals surface area contributed by atoms with E-state index >= 15 is 0 Å². The van der Waals surface area contributed by atoms with Crippen molar-refractivity contribution >= 4 is 5.97 Å². The lowest BCUT2D eigenvalue weighted by atomic mass is 9.89. The fourth-order valence-corrected chi connectivity index (χ4v) is 1.44. The molecule has 13 heavy (non-hydrogen) atoms. The molecule has 0 saturated carbocycles. The van der Waals surface area contributed by atoms with Crippen LogP contribution in [0.2, 0.25) is 0 Å². The SMILES string of the molecule is CC(C)(CC(=O)O)Cn1cccc1. The minimum atomic E-state index is -0.739. The Hall–Kier alpha value is -1.25. The zero-order valence-electron chi connectivity index (χ0n) is 8.03. The first-order chi connectivity index (χ1) is 5.99. The Kier molecular flexibility index (Phi) is 2.76. The van der Waals surface area contributed by atoms with Gasteiger partial charge in [0.25, 0.3) is 0 Å². The number of aromatic nitrogens is 1. The van der Waals surface area contributed by atoms with Crippen molar-refractivity contribution in [3.05, 3.63) is 24.5 Å². The fraction of sp³-hybridized carbons (Fsp3) is 0.500. The molecule has 0 amide bonds. The van der Waals surface area contributed by atoms with Gasteiger partial charge in [-0.2, -0.15) is 0 Å². The number of rotatable bonds is 4. The van der Waals surface area contributed by atoms with Gasteiger partial charge in [0.2, 0.25) is 0 Å². The van der Waals surface area contributed by atoms with Crippen LogP contribution in [-0.4, -0.2) is 15.6 Å². The van der Waals surface area contributed by atoms with Crippen LogP contribution in [0.1, 0.15) is 20.3 Å². The van der Waals surface area contributed by atoms with E-state index in [1.807, 2.05) is 42.9 Å². The summed E-state index contributed by atoms with van der Waals surface area (Å²) in [5.74, 6) is -0.739. The number of hydrogen-bond acceptors (Lipinski definition) is 1. The summed E-state index contributed by atoms with van der Waals surface area (Å²) in [6, 6.07) is 3.88. The first-order valence-corrected chi connectivity index (χ1v) is 4.32. The third-order valence-corrected chi connectivity index (χ3v) is 1.91. The van der Waals surface area contributed by atoms with Crippen molar-refractivity contribution in [1.29, 1.82) is 0 Å². The molecule has 0 aliphatic carbocycles. The first-order valence-electron chi connectivity index (χ1n) is 4.32. The maximum atomic E-state index is 10.5. The van der Waals surface area contributed by atoms with Crippen molar-refractivity contribution in [2.75, 3.05) is 0 Å². The molecule has 0 aromatic carbocycles. The zero-order valence-corrected chi connectivity index (χ0v) is 8.03. The van der Waals surface area contributed by atoms with Crippen LogP contribution in [0, 0.1) is 5.41 Å². The van der Waals surface area contributed by atoms with Crippen LogP contribution in [0.5, 0.6) is 0 Å². The van der Waals surface area contributed by atoms with E-state index in [1.165, 1.54) is 0 Å². The van der Waals surface area contributed by atoms with Crippen molar-refractivity contribution < 1.29 is 9.90 Å². The highest BCUT2D eigenvalue weighted by atomic mass is 16.4. The Morgan fingerprint density at radius 2 is 1.92 bits per heavy atom. The Balaban J connectivity index is 2.56. The summed E-state index contributed by atoms with van der Waals surface area (Å²) < 4.78 is 2.00. The van der Waals surface area contributed by atoms with E-state index in [2.05, 4.69) is 0 Å². The van der Waals surface area contributed by atoms with Crippen LogP contribution in [0.15, 0.2) is 24.5 Å². The van der Waals surface area contributed by atoms with Gasteiger partial charge in [-0.05, 0) is 17.5 Å². The lowest BCUT2D eigenvalue weighted by molar-refractivity contribution is -0.139. The summed E-state index contributed by atoms with van der Waals surface area (Å²) in [6.45, 7) is 4.66. The summed E-state index contributed by atoms with van der Waals surface area (Å²) in [5, 5.41) is 8.67. The molecule has 0 fully saturated rings. The van der Waals surface area contributed by atoms with Crippen molar-refractivity contribution in [2.45, 2.75) is 26.8 Å². The summed E-state index contributed by atoms with van der Waals surface area (Å²) in [5.41, 5.74) is -0.190. The monoisotopic (exact) mass is 181 g/mol. The highest BCUT2D eigenvalue weighted by Gasteiger charge is 2.21. The van der Waals surface area contributed by atoms with E-state index in [0.29, 0.717) is 0 Å². The van der Waals surface area contributed by atoms with Crippen LogP contribution in [-0.2, 0) is 11.3 Å². The Morgan fingerprint density at radius 3 is 2.38 bits per heavy atom. The molecule has 0 atom stereocenters. The van der Waals surface area contributed by atoms with Gasteiger partial charge in [-0.25, -0.2) is 0 Å². The number of nitrogens with zero attached hydrogens (tertiary/aromatic N) is 1. The molecule has 1 aromatic rings. The Morgan fingerprint density at radius 1 is 1.38 bits per heavy atom. The second-order valence-corrected chi connectivity index (χ2v) is 4.09. The van der Waals surface area contributed by atoms with Gasteiger partial charge in [-0.1, -0.05) is 13.8 Å². The summed E-state index contributed by atoms with van der Waals surface area (Å²) >= 11 is 0. The molecule has 0 saturated heterocycles. The maximum Gasteiger partial charge on any atom is 0.303 e. The van der Waals surface area contributed by atoms with E-state index in [9.17, 15) is 4.79 Å². The minimum Gasteiger partial charge on any atom is -0.481 e. The number of carbonyl (C=O) groups is 1. The Labute approximate surface area is 78.0 Å². The molecule has 0 spiro atoms. The van der Waals surface area contributed by atoms with Gasteiger partial charge in [0, 0.05) is 18.9 Å². The quantitative estimate of drug-likeness (QED) is 0.771. The Bertz CT molecular complexity index is 275. The van der Waals surface area contributed by atoms with Gasteiger partial charge >= 0.3 is 5.97 Å². The molecule has 3 heteroatoms. The fourth-order valence-electron chi connectivity index (χ4n) is 1.44. The molecule has 3 nitrogen and oxygen atoms in total. The van der Waals surface area contributed by atoms with Crippen molar-refractivity contribution in [1.82, 2.24) is 4.57 Å². The molecule has 72 valence electrons. The minimum absolute atomic E-state index is 0.190. The van der Waals surface area contributed by atoms with E-state index in [4.69, 9.17) is 5.11 Å². The summed E-state index contributed by atoms with van der Waals surface area (Å²) in [4.78, 5) is 10.5. The van der Waals surface area contributed by atoms with Crippen LogP contribution >= 0.6 is 0 Å². The molecule has 0 unspecified atom stereocenters. The van der Waals surface area contributed by atoms with E-state index in [-0.39, 0.29) is 11.8 Å². The summed E-state index contributed by atoms with van der Waals surface area (Å²) in [7, 11) is 0. The molecular weight excluding hydrogens is 166 g/mol. The lowest BCUT2D eigenvalue weighted by Crippen LogP contribution is -2.22. The van der Waals surface area contributed by atoms with Crippen LogP contribution in [0.4, 0.5) is 0 Å². The van der Waals surface area contributed by atoms with Crippen molar-refractivity contribution in [3.8, 4) is 0 Å². The average molecular weight is 181 g/mol. The standard InChI is InChI=1S/C10H15NO2/c1-10(2,7-9(12)13)8-11-5-3-4-6-11/h3-6H,7-8H2,1-2H3,(H,12,13). The van der Waals surface area contributed by atoms with Gasteiger partial charge in [-0.15, -0.1) is 0 Å². The van der Waals surface area contributed by atoms with E-state index < -0.39 is 5.97 Å². The summed E-state index contributed by atoms with van der Waals surface area (Å²) in [6.07, 6.45) is 4.10. The zero-order chi connectivity index (χ0) is 9.90. The lowest BCUT2D eigenvalue weighted by Gasteiger charge is -2.22. The molecule has 1 rings (SSSR count). The third kappa shape index (κ3) is 3.32. The second-order valence-electron chi connectivity index (χ2n) is 4.09. The molecule has 0 bridgehead atoms. The van der Waals surface area contributed by atoms with Crippen molar-refractivity contribution in [3.63, 3.8) is 0 Å². The van der Waals surface area contributed by atoms with Crippen LogP contribution < -0.4 is 0 Å². The second kappa shape index (κ2) is 3.64. The average Bonchev–Trinajstić information content (AvgIpc) is 2.34. The van der Waals surface area contributed by atoms with Crippen molar-refractivity contribution in [2.24, 2.45) is 5.41 Å². The van der Waals surface area contributed by atoms with Crippen LogP contribution in [0.3, 0.4) is 0 Å². The van der Waals surface area contributed by atoms with Gasteiger partial charge in [0.1, 0.15) is 0 Å². The van der Waals surface area contributed by atoms with E-state index in [0.717, 1.165) is 6.54 Å². The molecule has 1 heterocycles. The predicted octanol–water partition coefficient (Wildman–Crippen LogP) is 1.99. The highest BCUT2D eigenvalue weighted by molar-refractivity contribution is 5.67. The number of carboxylic acids is 1. The normalized spacial score (nSPS) is 11.5. The number of carboxylic acid groups (broad SMARTS) is 1. The van der Waals surface area contributed by atoms with Gasteiger partial charge in [0.05, 0.1) is 6.42 Å². The number of hydrogen-bond donors (Lipinski definition) is 1. The molecule has 0 aliphatic heterocycles. The largest absolute Gasteiger partial charge is 0.481 e. The van der Waals surface area contributed by atoms with Crippen LogP contribution in [0.25, 0.3) is 0 Å². The molecule has 1 N–H and O–H groups in total. The van der Waals surface area contributed by atoms with Gasteiger partial charge in [0.15, 0.2) is 0 Å². The molecular formula is C10H15NO2. The third-order valence-electron chi connectivity index (χ3n) is 1.91. The maximum absolute atomic E-state index is 10.5. The smallest absolute Gasteiger partial charge is 0.303 e. The highest BCUT2D eigenvalue weighted by Crippen LogP contribution is 2.22. The molecule has 0 radical (unpaired) electrons. The predicted molar refractivity (Wildman–Crippen MR) is 50.5 cm³/mol. The first kappa shape index (κ1) is 9.84. The molecule has 0 aliphatic rings. The van der Waals surface area contributed by atoms with E-state index in [1.54, 1.807) is 0 Å². The van der Waals surface area contributed by atoms with Gasteiger partial charge in [-0.3, -0.25) is 4.79 Å². The topological polar surface area (TPSA) is 42.2 Å².